The van der Waals surface area contributed by atoms with Gasteiger partial charge in [-0.15, -0.1) is 0 Å². The summed E-state index contributed by atoms with van der Waals surface area (Å²) in [6.07, 6.45) is 1.34. The number of nitrogens with two attached hydrogens (primary N) is 1. The van der Waals surface area contributed by atoms with Gasteiger partial charge in [0.2, 0.25) is 11.8 Å². The summed E-state index contributed by atoms with van der Waals surface area (Å²) in [4.78, 5) is 38.6. The molecular formula is C30H32FN5O4. The lowest BCUT2D eigenvalue weighted by Gasteiger charge is -2.29. The van der Waals surface area contributed by atoms with E-state index in [1.807, 2.05) is 26.8 Å². The van der Waals surface area contributed by atoms with Gasteiger partial charge in [0.1, 0.15) is 17.6 Å². The Hall–Kier alpha value is -4.05. The third-order valence-electron chi connectivity index (χ3n) is 8.57. The molecule has 1 saturated heterocycles. The van der Waals surface area contributed by atoms with E-state index in [9.17, 15) is 14.4 Å². The van der Waals surface area contributed by atoms with Crippen molar-refractivity contribution < 1.29 is 23.3 Å². The van der Waals surface area contributed by atoms with Crippen molar-refractivity contribution in [3.05, 3.63) is 69.9 Å². The van der Waals surface area contributed by atoms with Gasteiger partial charge in [-0.25, -0.2) is 4.39 Å². The topological polar surface area (TPSA) is 131 Å². The number of carbonyl (C=O) groups excluding carboxylic acids is 3. The second-order valence-corrected chi connectivity index (χ2v) is 11.2. The standard InChI is InChI=1S/C30H32FN5O4/c1-14-4-5-17(27-15(2)35-40-16(27)3)8-20(14)28(21-9-18(21)12-32)33-24-10-19-13-36(30(39)22(19)11-23(24)31)25-6-7-26(37)34-29(25)38/h4-5,8,10-11,18,21,25,28,33H,6-7,9,12-13,32H2,1-3H3,(H,34,37,38)/t18-,21+,25+,28-/m1/s1. The van der Waals surface area contributed by atoms with Crippen LogP contribution in [0.15, 0.2) is 34.9 Å². The van der Waals surface area contributed by atoms with Crippen LogP contribution in [0.5, 0.6) is 0 Å². The number of nitrogens with zero attached hydrogens (tertiary/aromatic N) is 2. The summed E-state index contributed by atoms with van der Waals surface area (Å²) in [7, 11) is 0. The number of nitrogens with one attached hydrogen (secondary N) is 2. The molecule has 2 fully saturated rings. The van der Waals surface area contributed by atoms with Crippen LogP contribution in [0, 0.1) is 38.4 Å². The lowest BCUT2D eigenvalue weighted by molar-refractivity contribution is -0.136. The zero-order valence-electron chi connectivity index (χ0n) is 22.7. The Bertz CT molecular complexity index is 1530. The molecule has 0 spiro atoms. The second-order valence-electron chi connectivity index (χ2n) is 11.2. The lowest BCUT2D eigenvalue weighted by atomic mass is 9.91. The molecule has 1 aliphatic carbocycles. The molecule has 3 heterocycles. The van der Waals surface area contributed by atoms with Gasteiger partial charge in [0, 0.05) is 24.1 Å². The molecule has 3 amide bonds. The van der Waals surface area contributed by atoms with E-state index in [-0.39, 0.29) is 42.8 Å². The molecule has 0 unspecified atom stereocenters. The SMILES string of the molecule is Cc1ccc(-c2c(C)noc2C)cc1[C@@H](Nc1cc2c(cc1F)C(=O)N([C@H]1CCC(=O)NC1=O)C2)[C@H]1C[C@@H]1CN. The van der Waals surface area contributed by atoms with Crippen LogP contribution in [0.4, 0.5) is 10.1 Å². The van der Waals surface area contributed by atoms with Crippen molar-refractivity contribution in [2.75, 3.05) is 11.9 Å². The van der Waals surface area contributed by atoms with Gasteiger partial charge in [-0.3, -0.25) is 19.7 Å². The smallest absolute Gasteiger partial charge is 0.255 e. The Balaban J connectivity index is 1.33. The zero-order chi connectivity index (χ0) is 28.3. The quantitative estimate of drug-likeness (QED) is 0.384. The van der Waals surface area contributed by atoms with Crippen LogP contribution in [-0.2, 0) is 16.1 Å². The highest BCUT2D eigenvalue weighted by Gasteiger charge is 2.44. The van der Waals surface area contributed by atoms with Gasteiger partial charge in [-0.2, -0.15) is 0 Å². The number of fused-ring (bicyclic) bond motifs is 1. The third kappa shape index (κ3) is 4.46. The number of anilines is 1. The Labute approximate surface area is 231 Å². The average Bonchev–Trinajstić information content (AvgIpc) is 3.54. The first-order valence-electron chi connectivity index (χ1n) is 13.6. The second kappa shape index (κ2) is 9.85. The Morgan fingerprint density at radius 2 is 2.00 bits per heavy atom. The van der Waals surface area contributed by atoms with Crippen LogP contribution < -0.4 is 16.4 Å². The lowest BCUT2D eigenvalue weighted by Crippen LogP contribution is -2.52. The molecule has 1 aromatic heterocycles. The Morgan fingerprint density at radius 3 is 2.67 bits per heavy atom. The molecule has 208 valence electrons. The van der Waals surface area contributed by atoms with Gasteiger partial charge in [0.05, 0.1) is 17.4 Å². The molecule has 1 saturated carbocycles. The van der Waals surface area contributed by atoms with Crippen molar-refractivity contribution in [1.82, 2.24) is 15.4 Å². The highest BCUT2D eigenvalue weighted by Crippen LogP contribution is 2.50. The summed E-state index contributed by atoms with van der Waals surface area (Å²) >= 11 is 0. The normalized spacial score (nSPS) is 22.8. The van der Waals surface area contributed by atoms with Crippen molar-refractivity contribution in [2.45, 2.75) is 58.7 Å². The molecular weight excluding hydrogens is 513 g/mol. The van der Waals surface area contributed by atoms with E-state index in [0.717, 1.165) is 40.1 Å². The predicted octanol–water partition coefficient (Wildman–Crippen LogP) is 3.91. The van der Waals surface area contributed by atoms with Crippen molar-refractivity contribution in [2.24, 2.45) is 17.6 Å². The predicted molar refractivity (Wildman–Crippen MR) is 146 cm³/mol. The van der Waals surface area contributed by atoms with Crippen LogP contribution in [-0.4, -0.2) is 40.4 Å². The maximum Gasteiger partial charge on any atom is 0.255 e. The van der Waals surface area contributed by atoms with Crippen LogP contribution in [0.1, 0.15) is 63.8 Å². The average molecular weight is 546 g/mol. The Morgan fingerprint density at radius 1 is 1.20 bits per heavy atom. The fourth-order valence-electron chi connectivity index (χ4n) is 6.26. The molecule has 2 aliphatic heterocycles. The molecule has 3 aromatic rings. The number of halogens is 1. The first-order valence-corrected chi connectivity index (χ1v) is 13.6. The summed E-state index contributed by atoms with van der Waals surface area (Å²) in [6.45, 7) is 6.56. The van der Waals surface area contributed by atoms with Gasteiger partial charge in [-0.1, -0.05) is 17.3 Å². The van der Waals surface area contributed by atoms with E-state index >= 15 is 4.39 Å². The minimum Gasteiger partial charge on any atom is -0.376 e. The van der Waals surface area contributed by atoms with E-state index in [4.69, 9.17) is 10.3 Å². The number of piperidine rings is 1. The summed E-state index contributed by atoms with van der Waals surface area (Å²) in [5.74, 6) is -0.505. The van der Waals surface area contributed by atoms with Crippen molar-refractivity contribution in [3.8, 4) is 11.1 Å². The van der Waals surface area contributed by atoms with Gasteiger partial charge >= 0.3 is 0 Å². The highest BCUT2D eigenvalue weighted by atomic mass is 19.1. The largest absolute Gasteiger partial charge is 0.376 e. The molecule has 10 heteroatoms. The van der Waals surface area contributed by atoms with E-state index in [2.05, 4.69) is 27.9 Å². The number of aromatic nitrogens is 1. The molecule has 4 atom stereocenters. The molecule has 0 bridgehead atoms. The summed E-state index contributed by atoms with van der Waals surface area (Å²) in [5.41, 5.74) is 12.0. The minimum absolute atomic E-state index is 0.162. The number of imide groups is 1. The fourth-order valence-corrected chi connectivity index (χ4v) is 6.26. The highest BCUT2D eigenvalue weighted by molar-refractivity contribution is 6.05. The molecule has 2 aromatic carbocycles. The van der Waals surface area contributed by atoms with Crippen molar-refractivity contribution in [1.29, 1.82) is 0 Å². The molecule has 6 rings (SSSR count). The van der Waals surface area contributed by atoms with E-state index in [0.29, 0.717) is 23.7 Å². The fraction of sp³-hybridized carbons (Fsp3) is 0.400. The van der Waals surface area contributed by atoms with E-state index in [1.54, 1.807) is 6.07 Å². The number of amides is 3. The monoisotopic (exact) mass is 545 g/mol. The number of aryl methyl sites for hydroxylation is 3. The minimum atomic E-state index is -0.753. The van der Waals surface area contributed by atoms with Crippen LogP contribution in [0.25, 0.3) is 11.1 Å². The summed E-state index contributed by atoms with van der Waals surface area (Å²) in [5, 5.41) is 9.86. The van der Waals surface area contributed by atoms with Gasteiger partial charge in [-0.05, 0) is 92.4 Å². The van der Waals surface area contributed by atoms with Crippen LogP contribution in [0.2, 0.25) is 0 Å². The Kier molecular flexibility index (Phi) is 6.45. The molecule has 0 radical (unpaired) electrons. The number of rotatable bonds is 7. The van der Waals surface area contributed by atoms with Gasteiger partial charge in [0.15, 0.2) is 0 Å². The van der Waals surface area contributed by atoms with Gasteiger partial charge < -0.3 is 20.5 Å². The molecule has 40 heavy (non-hydrogen) atoms. The summed E-state index contributed by atoms with van der Waals surface area (Å²) in [6, 6.07) is 8.19. The molecule has 9 nitrogen and oxygen atoms in total. The van der Waals surface area contributed by atoms with Crippen LogP contribution >= 0.6 is 0 Å². The first kappa shape index (κ1) is 26.2. The maximum atomic E-state index is 15.6. The van der Waals surface area contributed by atoms with E-state index in [1.165, 1.54) is 11.0 Å². The molecule has 4 N–H and O–H groups in total. The molecule has 3 aliphatic rings. The van der Waals surface area contributed by atoms with Crippen molar-refractivity contribution >= 4 is 23.4 Å². The van der Waals surface area contributed by atoms with Crippen LogP contribution in [0.3, 0.4) is 0 Å². The van der Waals surface area contributed by atoms with E-state index < -0.39 is 23.7 Å². The number of carbonyl (C=O) groups is 3. The van der Waals surface area contributed by atoms with Gasteiger partial charge in [0.25, 0.3) is 5.91 Å². The number of benzene rings is 2. The zero-order valence-corrected chi connectivity index (χ0v) is 22.7. The maximum absolute atomic E-state index is 15.6. The number of hydrogen-bond donors (Lipinski definition) is 3. The van der Waals surface area contributed by atoms with Crippen molar-refractivity contribution in [3.63, 3.8) is 0 Å². The first-order chi connectivity index (χ1) is 19.2. The third-order valence-corrected chi connectivity index (χ3v) is 8.57. The summed E-state index contributed by atoms with van der Waals surface area (Å²) < 4.78 is 21.0. The number of hydrogen-bond acceptors (Lipinski definition) is 7.